The molecular formula is C13H15Br2NO5. The smallest absolute Gasteiger partial charge is 0.267 e. The van der Waals surface area contributed by atoms with E-state index in [0.29, 0.717) is 15.6 Å². The second-order valence-corrected chi connectivity index (χ2v) is 5.80. The molecule has 0 aliphatic rings. The number of halogens is 2. The lowest BCUT2D eigenvalue weighted by Gasteiger charge is -2.21. The van der Waals surface area contributed by atoms with Gasteiger partial charge in [-0.25, -0.2) is 5.48 Å². The van der Waals surface area contributed by atoms with E-state index in [9.17, 15) is 15.0 Å². The van der Waals surface area contributed by atoms with Gasteiger partial charge in [0.15, 0.2) is 0 Å². The molecule has 0 aliphatic carbocycles. The standard InChI is InChI=1S/C13H15Br2NO5/c1-2-21-10(3-4-11(17)16-20)13(19)8-5-7(14)6-9(15)12(8)18/h3-6,10,13,18-20H,2H2,1H3,(H,16,17)/b4-3+/t10-,13-/m0/s1. The highest BCUT2D eigenvalue weighted by molar-refractivity contribution is 9.11. The van der Waals surface area contributed by atoms with E-state index >= 15 is 0 Å². The number of hydrogen-bond donors (Lipinski definition) is 4. The lowest BCUT2D eigenvalue weighted by Crippen LogP contribution is -2.22. The van der Waals surface area contributed by atoms with Crippen molar-refractivity contribution in [3.05, 3.63) is 38.8 Å². The summed E-state index contributed by atoms with van der Waals surface area (Å²) in [6, 6.07) is 3.19. The van der Waals surface area contributed by atoms with Crippen molar-refractivity contribution in [1.29, 1.82) is 0 Å². The number of benzene rings is 1. The van der Waals surface area contributed by atoms with Gasteiger partial charge in [-0.15, -0.1) is 0 Å². The van der Waals surface area contributed by atoms with Gasteiger partial charge in [-0.2, -0.15) is 0 Å². The summed E-state index contributed by atoms with van der Waals surface area (Å²) in [6.45, 7) is 2.03. The van der Waals surface area contributed by atoms with Crippen molar-refractivity contribution in [3.63, 3.8) is 0 Å². The Labute approximate surface area is 138 Å². The van der Waals surface area contributed by atoms with Crippen LogP contribution in [-0.4, -0.2) is 34.0 Å². The zero-order valence-electron chi connectivity index (χ0n) is 11.1. The average Bonchev–Trinajstić information content (AvgIpc) is 2.46. The normalized spacial score (nSPS) is 14.1. The van der Waals surface area contributed by atoms with Gasteiger partial charge < -0.3 is 14.9 Å². The fourth-order valence-electron chi connectivity index (χ4n) is 1.65. The molecule has 0 bridgehead atoms. The highest BCUT2D eigenvalue weighted by atomic mass is 79.9. The lowest BCUT2D eigenvalue weighted by molar-refractivity contribution is -0.124. The van der Waals surface area contributed by atoms with E-state index in [1.54, 1.807) is 19.1 Å². The Morgan fingerprint density at radius 1 is 1.48 bits per heavy atom. The third kappa shape index (κ3) is 5.08. The molecule has 1 aromatic rings. The maximum atomic E-state index is 11.0. The maximum absolute atomic E-state index is 11.0. The van der Waals surface area contributed by atoms with E-state index in [-0.39, 0.29) is 11.3 Å². The van der Waals surface area contributed by atoms with E-state index in [1.165, 1.54) is 11.6 Å². The van der Waals surface area contributed by atoms with E-state index in [2.05, 4.69) is 31.9 Å². The molecule has 0 heterocycles. The molecular weight excluding hydrogens is 410 g/mol. The van der Waals surface area contributed by atoms with Gasteiger partial charge in [0.1, 0.15) is 18.0 Å². The zero-order chi connectivity index (χ0) is 16.0. The van der Waals surface area contributed by atoms with E-state index < -0.39 is 18.1 Å². The minimum atomic E-state index is -1.19. The largest absolute Gasteiger partial charge is 0.506 e. The van der Waals surface area contributed by atoms with Crippen LogP contribution in [0.15, 0.2) is 33.2 Å². The summed E-state index contributed by atoms with van der Waals surface area (Å²) in [5.41, 5.74) is 1.68. The van der Waals surface area contributed by atoms with Crippen LogP contribution in [0.25, 0.3) is 0 Å². The van der Waals surface area contributed by atoms with Crippen molar-refractivity contribution in [1.82, 2.24) is 5.48 Å². The molecule has 4 N–H and O–H groups in total. The van der Waals surface area contributed by atoms with Crippen LogP contribution in [0.4, 0.5) is 0 Å². The van der Waals surface area contributed by atoms with Crippen LogP contribution in [0.1, 0.15) is 18.6 Å². The second kappa shape index (κ2) is 8.50. The van der Waals surface area contributed by atoms with Crippen molar-refractivity contribution >= 4 is 37.8 Å². The van der Waals surface area contributed by atoms with Crippen LogP contribution in [0, 0.1) is 0 Å². The molecule has 0 saturated carbocycles. The van der Waals surface area contributed by atoms with Gasteiger partial charge in [0.05, 0.1) is 4.47 Å². The number of aliphatic hydroxyl groups is 1. The number of amides is 1. The first-order valence-corrected chi connectivity index (χ1v) is 7.59. The number of carbonyl (C=O) groups is 1. The summed E-state index contributed by atoms with van der Waals surface area (Å²) in [5, 5.41) is 28.8. The summed E-state index contributed by atoms with van der Waals surface area (Å²) >= 11 is 6.45. The van der Waals surface area contributed by atoms with Crippen LogP contribution in [0.2, 0.25) is 0 Å². The highest BCUT2D eigenvalue weighted by Gasteiger charge is 2.23. The lowest BCUT2D eigenvalue weighted by atomic mass is 10.0. The van der Waals surface area contributed by atoms with Crippen molar-refractivity contribution < 1.29 is 25.0 Å². The number of carbonyl (C=O) groups excluding carboxylic acids is 1. The number of phenolic OH excluding ortho intramolecular Hbond substituents is 1. The number of aliphatic hydroxyl groups excluding tert-OH is 1. The number of hydrogen-bond acceptors (Lipinski definition) is 5. The summed E-state index contributed by atoms with van der Waals surface area (Å²) in [4.78, 5) is 11.0. The van der Waals surface area contributed by atoms with Crippen molar-refractivity contribution in [2.45, 2.75) is 19.1 Å². The summed E-state index contributed by atoms with van der Waals surface area (Å²) < 4.78 is 6.42. The number of hydroxylamine groups is 1. The van der Waals surface area contributed by atoms with Gasteiger partial charge in [0.2, 0.25) is 0 Å². The Morgan fingerprint density at radius 2 is 2.14 bits per heavy atom. The molecule has 6 nitrogen and oxygen atoms in total. The molecule has 0 radical (unpaired) electrons. The zero-order valence-corrected chi connectivity index (χ0v) is 14.3. The highest BCUT2D eigenvalue weighted by Crippen LogP contribution is 2.37. The van der Waals surface area contributed by atoms with Crippen molar-refractivity contribution in [2.75, 3.05) is 6.61 Å². The predicted molar refractivity (Wildman–Crippen MR) is 82.9 cm³/mol. The quantitative estimate of drug-likeness (QED) is 0.319. The first kappa shape index (κ1) is 18.1. The molecule has 1 rings (SSSR count). The Morgan fingerprint density at radius 3 is 2.71 bits per heavy atom. The van der Waals surface area contributed by atoms with Crippen LogP contribution in [-0.2, 0) is 9.53 Å². The Bertz CT molecular complexity index is 536. The maximum Gasteiger partial charge on any atom is 0.267 e. The number of nitrogens with one attached hydrogen (secondary N) is 1. The fourth-order valence-corrected chi connectivity index (χ4v) is 2.91. The van der Waals surface area contributed by atoms with Gasteiger partial charge in [-0.1, -0.05) is 15.9 Å². The summed E-state index contributed by atoms with van der Waals surface area (Å²) in [7, 11) is 0. The van der Waals surface area contributed by atoms with Crippen LogP contribution < -0.4 is 5.48 Å². The van der Waals surface area contributed by atoms with Crippen LogP contribution in [0.5, 0.6) is 5.75 Å². The number of ether oxygens (including phenoxy) is 1. The van der Waals surface area contributed by atoms with E-state index in [0.717, 1.165) is 6.08 Å². The first-order chi connectivity index (χ1) is 9.90. The van der Waals surface area contributed by atoms with E-state index in [1.807, 2.05) is 0 Å². The third-order valence-electron chi connectivity index (χ3n) is 2.59. The molecule has 1 aromatic carbocycles. The first-order valence-electron chi connectivity index (χ1n) is 6.00. The van der Waals surface area contributed by atoms with Gasteiger partial charge in [0.25, 0.3) is 5.91 Å². The molecule has 1 amide bonds. The number of phenols is 1. The molecule has 2 atom stereocenters. The van der Waals surface area contributed by atoms with Gasteiger partial charge in [-0.3, -0.25) is 10.0 Å². The molecule has 8 heteroatoms. The van der Waals surface area contributed by atoms with E-state index in [4.69, 9.17) is 9.94 Å². The topological polar surface area (TPSA) is 99.0 Å². The van der Waals surface area contributed by atoms with Gasteiger partial charge >= 0.3 is 0 Å². The van der Waals surface area contributed by atoms with Gasteiger partial charge in [0, 0.05) is 22.7 Å². The van der Waals surface area contributed by atoms with Crippen LogP contribution >= 0.6 is 31.9 Å². The van der Waals surface area contributed by atoms with Crippen molar-refractivity contribution in [2.24, 2.45) is 0 Å². The fraction of sp³-hybridized carbons (Fsp3) is 0.308. The molecule has 21 heavy (non-hydrogen) atoms. The monoisotopic (exact) mass is 423 g/mol. The molecule has 0 unspecified atom stereocenters. The molecule has 0 aromatic heterocycles. The Kier molecular flexibility index (Phi) is 7.33. The molecule has 0 spiro atoms. The molecule has 0 fully saturated rings. The average molecular weight is 425 g/mol. The third-order valence-corrected chi connectivity index (χ3v) is 3.66. The predicted octanol–water partition coefficient (Wildman–Crippen LogP) is 2.42. The minimum Gasteiger partial charge on any atom is -0.506 e. The number of rotatable bonds is 6. The molecule has 0 aliphatic heterocycles. The Hall–Kier alpha value is -0.930. The van der Waals surface area contributed by atoms with Crippen LogP contribution in [0.3, 0.4) is 0 Å². The minimum absolute atomic E-state index is 0.115. The molecule has 116 valence electrons. The van der Waals surface area contributed by atoms with Gasteiger partial charge in [-0.05, 0) is 41.1 Å². The number of aromatic hydroxyl groups is 1. The van der Waals surface area contributed by atoms with Crippen molar-refractivity contribution in [3.8, 4) is 5.75 Å². The SMILES string of the molecule is CCO[C@@H](/C=C/C(=O)NO)[C@@H](O)c1cc(Br)cc(Br)c1O. The molecule has 0 saturated heterocycles. The summed E-state index contributed by atoms with van der Waals surface area (Å²) in [5.74, 6) is -0.859. The Balaban J connectivity index is 3.08. The summed E-state index contributed by atoms with van der Waals surface area (Å²) in [6.07, 6.45) is 0.280. The second-order valence-electron chi connectivity index (χ2n) is 4.03.